The number of hydrogen-bond donors (Lipinski definition) is 0. The summed E-state index contributed by atoms with van der Waals surface area (Å²) >= 11 is 0. The van der Waals surface area contributed by atoms with Gasteiger partial charge in [-0.2, -0.15) is 0 Å². The molecule has 0 unspecified atom stereocenters. The van der Waals surface area contributed by atoms with E-state index in [1.165, 1.54) is 0 Å². The van der Waals surface area contributed by atoms with Gasteiger partial charge < -0.3 is 9.64 Å². The molecule has 1 aromatic carbocycles. The summed E-state index contributed by atoms with van der Waals surface area (Å²) in [5, 5.41) is 0. The average Bonchev–Trinajstić information content (AvgIpc) is 2.91. The predicted octanol–water partition coefficient (Wildman–Crippen LogP) is 3.20. The molecule has 0 bridgehead atoms. The normalized spacial score (nSPS) is 21.3. The van der Waals surface area contributed by atoms with Crippen LogP contribution in [0.1, 0.15) is 46.1 Å². The second-order valence-electron chi connectivity index (χ2n) is 7.22. The van der Waals surface area contributed by atoms with E-state index in [-0.39, 0.29) is 11.9 Å². The van der Waals surface area contributed by atoms with Crippen molar-refractivity contribution in [3.8, 4) is 0 Å². The predicted molar refractivity (Wildman–Crippen MR) is 89.9 cm³/mol. The van der Waals surface area contributed by atoms with Gasteiger partial charge in [-0.1, -0.05) is 51.1 Å². The molecule has 2 rings (SSSR count). The highest BCUT2D eigenvalue weighted by atomic mass is 16.5. The smallest absolute Gasteiger partial charge is 0.332 e. The van der Waals surface area contributed by atoms with Gasteiger partial charge >= 0.3 is 5.97 Å². The summed E-state index contributed by atoms with van der Waals surface area (Å²) in [7, 11) is 0. The lowest BCUT2D eigenvalue weighted by atomic mass is 9.85. The van der Waals surface area contributed by atoms with E-state index >= 15 is 0 Å². The first-order valence-electron chi connectivity index (χ1n) is 8.34. The summed E-state index contributed by atoms with van der Waals surface area (Å²) in [6.45, 7) is 8.43. The largest absolute Gasteiger partial charge is 0.464 e. The zero-order chi connectivity index (χ0) is 17.1. The lowest BCUT2D eigenvalue weighted by molar-refractivity contribution is -0.164. The monoisotopic (exact) mass is 317 g/mol. The Morgan fingerprint density at radius 2 is 1.87 bits per heavy atom. The summed E-state index contributed by atoms with van der Waals surface area (Å²) in [4.78, 5) is 27.5. The van der Waals surface area contributed by atoms with Crippen LogP contribution in [0.25, 0.3) is 0 Å². The van der Waals surface area contributed by atoms with Gasteiger partial charge in [0.1, 0.15) is 5.54 Å². The molecule has 0 radical (unpaired) electrons. The third-order valence-corrected chi connectivity index (χ3v) is 4.37. The summed E-state index contributed by atoms with van der Waals surface area (Å²) in [5.41, 5.74) is -0.338. The molecule has 23 heavy (non-hydrogen) atoms. The number of esters is 1. The lowest BCUT2D eigenvalue weighted by Gasteiger charge is -2.39. The Balaban J connectivity index is 2.40. The molecule has 126 valence electrons. The highest BCUT2D eigenvalue weighted by Crippen LogP contribution is 2.37. The van der Waals surface area contributed by atoms with Gasteiger partial charge in [-0.25, -0.2) is 4.79 Å². The van der Waals surface area contributed by atoms with Gasteiger partial charge in [0.05, 0.1) is 6.61 Å². The van der Waals surface area contributed by atoms with Crippen LogP contribution in [0.2, 0.25) is 0 Å². The number of rotatable bonds is 4. The van der Waals surface area contributed by atoms with Crippen molar-refractivity contribution < 1.29 is 14.3 Å². The van der Waals surface area contributed by atoms with Gasteiger partial charge in [-0.3, -0.25) is 4.79 Å². The zero-order valence-corrected chi connectivity index (χ0v) is 14.6. The van der Waals surface area contributed by atoms with Crippen LogP contribution in [0.3, 0.4) is 0 Å². The van der Waals surface area contributed by atoms with Crippen molar-refractivity contribution in [2.75, 3.05) is 13.2 Å². The Labute approximate surface area is 138 Å². The number of ether oxygens (including phenoxy) is 1. The van der Waals surface area contributed by atoms with E-state index in [2.05, 4.69) is 0 Å². The molecular weight excluding hydrogens is 290 g/mol. The SMILES string of the molecule is CCOC(=O)[C@]1(Cc2ccccc2)CCCN1C(=O)C(C)(C)C. The van der Waals surface area contributed by atoms with Gasteiger partial charge in [-0.05, 0) is 25.3 Å². The maximum Gasteiger partial charge on any atom is 0.332 e. The molecule has 1 aliphatic heterocycles. The molecule has 1 heterocycles. The summed E-state index contributed by atoms with van der Waals surface area (Å²) < 4.78 is 5.36. The van der Waals surface area contributed by atoms with Crippen molar-refractivity contribution >= 4 is 11.9 Å². The first-order chi connectivity index (χ1) is 10.8. The van der Waals surface area contributed by atoms with Crippen molar-refractivity contribution in [3.05, 3.63) is 35.9 Å². The molecule has 1 amide bonds. The van der Waals surface area contributed by atoms with Crippen LogP contribution >= 0.6 is 0 Å². The maximum atomic E-state index is 12.9. The van der Waals surface area contributed by atoms with Crippen LogP contribution in [-0.2, 0) is 20.7 Å². The fourth-order valence-electron chi connectivity index (χ4n) is 3.25. The van der Waals surface area contributed by atoms with Crippen molar-refractivity contribution in [1.82, 2.24) is 4.90 Å². The molecule has 4 nitrogen and oxygen atoms in total. The molecule has 1 saturated heterocycles. The Morgan fingerprint density at radius 3 is 2.43 bits per heavy atom. The van der Waals surface area contributed by atoms with E-state index in [0.717, 1.165) is 12.0 Å². The molecule has 0 N–H and O–H groups in total. The van der Waals surface area contributed by atoms with Crippen LogP contribution in [0.4, 0.5) is 0 Å². The minimum absolute atomic E-state index is 0.0129. The number of carbonyl (C=O) groups excluding carboxylic acids is 2. The van der Waals surface area contributed by atoms with Crippen molar-refractivity contribution in [2.45, 2.75) is 52.5 Å². The highest BCUT2D eigenvalue weighted by molar-refractivity contribution is 5.91. The van der Waals surface area contributed by atoms with Gasteiger partial charge in [0, 0.05) is 18.4 Å². The number of likely N-dealkylation sites (tertiary alicyclic amines) is 1. The molecule has 0 aliphatic carbocycles. The van der Waals surface area contributed by atoms with Crippen molar-refractivity contribution in [1.29, 1.82) is 0 Å². The van der Waals surface area contributed by atoms with E-state index < -0.39 is 11.0 Å². The Hall–Kier alpha value is -1.84. The molecule has 1 aromatic rings. The molecule has 1 fully saturated rings. The van der Waals surface area contributed by atoms with Crippen LogP contribution < -0.4 is 0 Å². The standard InChI is InChI=1S/C19H27NO3/c1-5-23-17(22)19(14-15-10-7-6-8-11-15)12-9-13-20(19)16(21)18(2,3)4/h6-8,10-11H,5,9,12-14H2,1-4H3/t19-/m1/s1. The maximum absolute atomic E-state index is 12.9. The molecule has 0 aromatic heterocycles. The first-order valence-corrected chi connectivity index (χ1v) is 8.34. The first kappa shape index (κ1) is 17.5. The van der Waals surface area contributed by atoms with Gasteiger partial charge in [0.25, 0.3) is 0 Å². The van der Waals surface area contributed by atoms with E-state index in [0.29, 0.717) is 26.0 Å². The number of benzene rings is 1. The molecule has 0 spiro atoms. The van der Waals surface area contributed by atoms with Gasteiger partial charge in [0.2, 0.25) is 5.91 Å². The molecule has 0 saturated carbocycles. The van der Waals surface area contributed by atoms with Crippen molar-refractivity contribution in [2.24, 2.45) is 5.41 Å². The van der Waals surface area contributed by atoms with Crippen LogP contribution in [0, 0.1) is 5.41 Å². The van der Waals surface area contributed by atoms with E-state index in [4.69, 9.17) is 4.74 Å². The lowest BCUT2D eigenvalue weighted by Crippen LogP contribution is -2.57. The summed E-state index contributed by atoms with van der Waals surface area (Å²) in [5.74, 6) is -0.266. The molecule has 1 aliphatic rings. The molecular formula is C19H27NO3. The molecule has 1 atom stereocenters. The van der Waals surface area contributed by atoms with Gasteiger partial charge in [0.15, 0.2) is 0 Å². The van der Waals surface area contributed by atoms with E-state index in [9.17, 15) is 9.59 Å². The summed E-state index contributed by atoms with van der Waals surface area (Å²) in [6, 6.07) is 9.86. The third kappa shape index (κ3) is 3.57. The second kappa shape index (κ2) is 6.73. The number of amides is 1. The highest BCUT2D eigenvalue weighted by Gasteiger charge is 2.52. The second-order valence-corrected chi connectivity index (χ2v) is 7.22. The van der Waals surface area contributed by atoms with Gasteiger partial charge in [-0.15, -0.1) is 0 Å². The zero-order valence-electron chi connectivity index (χ0n) is 14.6. The molecule has 4 heteroatoms. The Kier molecular flexibility index (Phi) is 5.12. The Morgan fingerprint density at radius 1 is 1.22 bits per heavy atom. The fourth-order valence-corrected chi connectivity index (χ4v) is 3.25. The van der Waals surface area contributed by atoms with Crippen LogP contribution in [-0.4, -0.2) is 35.5 Å². The minimum Gasteiger partial charge on any atom is -0.464 e. The third-order valence-electron chi connectivity index (χ3n) is 4.37. The topological polar surface area (TPSA) is 46.6 Å². The van der Waals surface area contributed by atoms with Crippen molar-refractivity contribution in [3.63, 3.8) is 0 Å². The van der Waals surface area contributed by atoms with Crippen LogP contribution in [0.5, 0.6) is 0 Å². The number of nitrogens with zero attached hydrogens (tertiary/aromatic N) is 1. The summed E-state index contributed by atoms with van der Waals surface area (Å²) in [6.07, 6.45) is 1.99. The quantitative estimate of drug-likeness (QED) is 0.801. The minimum atomic E-state index is -0.873. The van der Waals surface area contributed by atoms with E-state index in [1.807, 2.05) is 51.1 Å². The number of hydrogen-bond acceptors (Lipinski definition) is 3. The Bertz CT molecular complexity index is 562. The average molecular weight is 317 g/mol. The fraction of sp³-hybridized carbons (Fsp3) is 0.579. The van der Waals surface area contributed by atoms with Crippen LogP contribution in [0.15, 0.2) is 30.3 Å². The number of carbonyl (C=O) groups is 2. The van der Waals surface area contributed by atoms with E-state index in [1.54, 1.807) is 11.8 Å².